The first-order chi connectivity index (χ1) is 11.7. The Hall–Kier alpha value is -2.44. The monoisotopic (exact) mass is 327 g/mol. The van der Waals surface area contributed by atoms with Crippen molar-refractivity contribution >= 4 is 17.6 Å². The van der Waals surface area contributed by atoms with Crippen LogP contribution in [0.15, 0.2) is 30.9 Å². The summed E-state index contributed by atoms with van der Waals surface area (Å²) in [6, 6.07) is 3.88. The molecule has 2 aromatic rings. The number of anilines is 3. The molecule has 1 N–H and O–H groups in total. The highest BCUT2D eigenvalue weighted by Gasteiger charge is 2.20. The van der Waals surface area contributed by atoms with Crippen molar-refractivity contribution in [3.63, 3.8) is 0 Å². The zero-order chi connectivity index (χ0) is 16.8. The van der Waals surface area contributed by atoms with Gasteiger partial charge in [0.1, 0.15) is 18.0 Å². The van der Waals surface area contributed by atoms with Crippen molar-refractivity contribution < 1.29 is 0 Å². The van der Waals surface area contributed by atoms with Crippen LogP contribution in [-0.2, 0) is 0 Å². The summed E-state index contributed by atoms with van der Waals surface area (Å²) in [5, 5.41) is 3.38. The lowest BCUT2D eigenvalue weighted by Gasteiger charge is -2.35. The first-order valence-corrected chi connectivity index (χ1v) is 8.55. The second-order valence-electron chi connectivity index (χ2n) is 6.39. The third kappa shape index (κ3) is 4.31. The van der Waals surface area contributed by atoms with Gasteiger partial charge in [0.05, 0.1) is 0 Å². The molecule has 0 amide bonds. The van der Waals surface area contributed by atoms with Gasteiger partial charge in [0.2, 0.25) is 5.95 Å². The van der Waals surface area contributed by atoms with Gasteiger partial charge in [-0.2, -0.15) is 0 Å². The van der Waals surface area contributed by atoms with Crippen LogP contribution in [0.3, 0.4) is 0 Å². The SMILES string of the molecule is CC(C)CCNc1cc(N2CCN(c3ncccn3)CC2)ncn1. The molecule has 7 nitrogen and oxygen atoms in total. The average molecular weight is 327 g/mol. The predicted octanol–water partition coefficient (Wildman–Crippen LogP) is 2.05. The molecule has 0 atom stereocenters. The summed E-state index contributed by atoms with van der Waals surface area (Å²) >= 11 is 0. The molecule has 1 aliphatic heterocycles. The zero-order valence-corrected chi connectivity index (χ0v) is 14.4. The maximum Gasteiger partial charge on any atom is 0.225 e. The van der Waals surface area contributed by atoms with E-state index < -0.39 is 0 Å². The Morgan fingerprint density at radius 2 is 1.71 bits per heavy atom. The van der Waals surface area contributed by atoms with Crippen LogP contribution in [0.1, 0.15) is 20.3 Å². The zero-order valence-electron chi connectivity index (χ0n) is 14.4. The summed E-state index contributed by atoms with van der Waals surface area (Å²) in [6.07, 6.45) is 6.34. The van der Waals surface area contributed by atoms with Gasteiger partial charge < -0.3 is 15.1 Å². The minimum absolute atomic E-state index is 0.687. The first kappa shape index (κ1) is 16.4. The third-order valence-electron chi connectivity index (χ3n) is 4.12. The van der Waals surface area contributed by atoms with E-state index in [9.17, 15) is 0 Å². The Kier molecular flexibility index (Phi) is 5.40. The lowest BCUT2D eigenvalue weighted by atomic mass is 10.1. The van der Waals surface area contributed by atoms with E-state index >= 15 is 0 Å². The summed E-state index contributed by atoms with van der Waals surface area (Å²) in [6.45, 7) is 8.98. The van der Waals surface area contributed by atoms with Crippen molar-refractivity contribution in [2.45, 2.75) is 20.3 Å². The number of hydrogen-bond acceptors (Lipinski definition) is 7. The van der Waals surface area contributed by atoms with Crippen LogP contribution < -0.4 is 15.1 Å². The normalized spacial score (nSPS) is 15.0. The Morgan fingerprint density at radius 3 is 2.42 bits per heavy atom. The van der Waals surface area contributed by atoms with Crippen molar-refractivity contribution in [3.05, 3.63) is 30.9 Å². The molecule has 0 aliphatic carbocycles. The van der Waals surface area contributed by atoms with E-state index in [4.69, 9.17) is 0 Å². The minimum Gasteiger partial charge on any atom is -0.370 e. The number of piperazine rings is 1. The number of hydrogen-bond donors (Lipinski definition) is 1. The molecular formula is C17H25N7. The van der Waals surface area contributed by atoms with Gasteiger partial charge in [-0.1, -0.05) is 13.8 Å². The van der Waals surface area contributed by atoms with Crippen LogP contribution in [0, 0.1) is 5.92 Å². The first-order valence-electron chi connectivity index (χ1n) is 8.55. The van der Waals surface area contributed by atoms with Gasteiger partial charge in [-0.25, -0.2) is 19.9 Å². The maximum absolute atomic E-state index is 4.43. The van der Waals surface area contributed by atoms with Crippen LogP contribution in [0.2, 0.25) is 0 Å². The molecule has 3 heterocycles. The Labute approximate surface area is 143 Å². The van der Waals surface area contributed by atoms with Crippen molar-refractivity contribution in [1.29, 1.82) is 0 Å². The second-order valence-corrected chi connectivity index (χ2v) is 6.39. The molecule has 0 aromatic carbocycles. The highest BCUT2D eigenvalue weighted by atomic mass is 15.3. The van der Waals surface area contributed by atoms with Gasteiger partial charge in [-0.15, -0.1) is 0 Å². The van der Waals surface area contributed by atoms with E-state index in [0.717, 1.165) is 56.7 Å². The molecule has 24 heavy (non-hydrogen) atoms. The minimum atomic E-state index is 0.687. The van der Waals surface area contributed by atoms with E-state index in [0.29, 0.717) is 5.92 Å². The van der Waals surface area contributed by atoms with Crippen molar-refractivity contribution in [1.82, 2.24) is 19.9 Å². The Balaban J connectivity index is 1.56. The fourth-order valence-corrected chi connectivity index (χ4v) is 2.70. The van der Waals surface area contributed by atoms with E-state index in [1.54, 1.807) is 18.7 Å². The molecular weight excluding hydrogens is 302 g/mol. The molecule has 0 radical (unpaired) electrons. The molecule has 0 unspecified atom stereocenters. The summed E-state index contributed by atoms with van der Waals surface area (Å²) in [5.41, 5.74) is 0. The standard InChI is InChI=1S/C17H25N7/c1-14(2)4-7-18-15-12-16(22-13-21-15)23-8-10-24(11-9-23)17-19-5-3-6-20-17/h3,5-6,12-14H,4,7-11H2,1-2H3,(H,18,21,22). The highest BCUT2D eigenvalue weighted by molar-refractivity contribution is 5.49. The van der Waals surface area contributed by atoms with Crippen molar-refractivity contribution in [2.75, 3.05) is 47.8 Å². The van der Waals surface area contributed by atoms with Gasteiger partial charge in [-0.3, -0.25) is 0 Å². The fourth-order valence-electron chi connectivity index (χ4n) is 2.70. The van der Waals surface area contributed by atoms with Crippen LogP contribution in [0.5, 0.6) is 0 Å². The van der Waals surface area contributed by atoms with E-state index in [-0.39, 0.29) is 0 Å². The van der Waals surface area contributed by atoms with E-state index in [2.05, 4.69) is 48.9 Å². The second kappa shape index (κ2) is 7.90. The lowest BCUT2D eigenvalue weighted by molar-refractivity contribution is 0.606. The largest absolute Gasteiger partial charge is 0.370 e. The lowest BCUT2D eigenvalue weighted by Crippen LogP contribution is -2.47. The van der Waals surface area contributed by atoms with Crippen LogP contribution in [-0.4, -0.2) is 52.7 Å². The molecule has 1 saturated heterocycles. The predicted molar refractivity (Wildman–Crippen MR) is 96.4 cm³/mol. The molecule has 128 valence electrons. The number of rotatable bonds is 6. The summed E-state index contributed by atoms with van der Waals surface area (Å²) in [4.78, 5) is 21.9. The molecule has 0 spiro atoms. The summed E-state index contributed by atoms with van der Waals surface area (Å²) in [5.74, 6) is 3.36. The van der Waals surface area contributed by atoms with Crippen molar-refractivity contribution in [3.8, 4) is 0 Å². The van der Waals surface area contributed by atoms with Gasteiger partial charge in [0.25, 0.3) is 0 Å². The van der Waals surface area contributed by atoms with Gasteiger partial charge >= 0.3 is 0 Å². The molecule has 0 saturated carbocycles. The third-order valence-corrected chi connectivity index (χ3v) is 4.12. The van der Waals surface area contributed by atoms with Crippen LogP contribution in [0.25, 0.3) is 0 Å². The molecule has 3 rings (SSSR count). The Morgan fingerprint density at radius 1 is 1.00 bits per heavy atom. The Bertz CT molecular complexity index is 624. The molecule has 1 aliphatic rings. The topological polar surface area (TPSA) is 70.1 Å². The summed E-state index contributed by atoms with van der Waals surface area (Å²) in [7, 11) is 0. The van der Waals surface area contributed by atoms with Gasteiger partial charge in [-0.05, 0) is 18.4 Å². The average Bonchev–Trinajstić information content (AvgIpc) is 2.63. The van der Waals surface area contributed by atoms with Crippen molar-refractivity contribution in [2.24, 2.45) is 5.92 Å². The molecule has 7 heteroatoms. The fraction of sp³-hybridized carbons (Fsp3) is 0.529. The van der Waals surface area contributed by atoms with Crippen LogP contribution in [0.4, 0.5) is 17.6 Å². The maximum atomic E-state index is 4.43. The molecule has 2 aromatic heterocycles. The smallest absolute Gasteiger partial charge is 0.225 e. The number of nitrogens with one attached hydrogen (secondary N) is 1. The number of aromatic nitrogens is 4. The summed E-state index contributed by atoms with van der Waals surface area (Å²) < 4.78 is 0. The number of nitrogens with zero attached hydrogens (tertiary/aromatic N) is 6. The quantitative estimate of drug-likeness (QED) is 0.870. The van der Waals surface area contributed by atoms with E-state index in [1.165, 1.54) is 0 Å². The van der Waals surface area contributed by atoms with E-state index in [1.807, 2.05) is 12.1 Å². The molecule has 0 bridgehead atoms. The van der Waals surface area contributed by atoms with Gasteiger partial charge in [0, 0.05) is 51.2 Å². The van der Waals surface area contributed by atoms with Gasteiger partial charge in [0.15, 0.2) is 0 Å². The molecule has 1 fully saturated rings. The highest BCUT2D eigenvalue weighted by Crippen LogP contribution is 2.18. The van der Waals surface area contributed by atoms with Crippen LogP contribution >= 0.6 is 0 Å².